The zero-order valence-corrected chi connectivity index (χ0v) is 12.9. The number of alkyl halides is 1. The van der Waals surface area contributed by atoms with E-state index in [0.717, 1.165) is 28.8 Å². The number of benzene rings is 1. The molecule has 0 radical (unpaired) electrons. The molecule has 0 aliphatic rings. The predicted octanol–water partition coefficient (Wildman–Crippen LogP) is 3.41. The normalized spacial score (nSPS) is 11.0. The molecule has 0 fully saturated rings. The third-order valence-electron chi connectivity index (χ3n) is 2.99. The van der Waals surface area contributed by atoms with E-state index in [1.807, 2.05) is 30.3 Å². The van der Waals surface area contributed by atoms with E-state index in [-0.39, 0.29) is 0 Å². The maximum absolute atomic E-state index is 5.88. The zero-order chi connectivity index (χ0) is 14.9. The Hall–Kier alpha value is -1.36. The van der Waals surface area contributed by atoms with Gasteiger partial charge in [-0.2, -0.15) is 0 Å². The van der Waals surface area contributed by atoms with Gasteiger partial charge in [-0.15, -0.1) is 11.6 Å². The Morgan fingerprint density at radius 2 is 1.95 bits per heavy atom. The average molecular weight is 310 g/mol. The highest BCUT2D eigenvalue weighted by atomic mass is 35.5. The van der Waals surface area contributed by atoms with Crippen molar-refractivity contribution in [2.24, 2.45) is 0 Å². The van der Waals surface area contributed by atoms with E-state index >= 15 is 0 Å². The van der Waals surface area contributed by atoms with Gasteiger partial charge in [0.1, 0.15) is 5.75 Å². The van der Waals surface area contributed by atoms with Crippen LogP contribution in [0.25, 0.3) is 10.9 Å². The van der Waals surface area contributed by atoms with Gasteiger partial charge >= 0.3 is 0 Å². The van der Waals surface area contributed by atoms with E-state index in [1.54, 1.807) is 7.11 Å². The average Bonchev–Trinajstić information content (AvgIpc) is 2.53. The second-order valence-electron chi connectivity index (χ2n) is 4.57. The molecule has 0 aliphatic carbocycles. The van der Waals surface area contributed by atoms with Crippen molar-refractivity contribution in [2.45, 2.75) is 12.3 Å². The lowest BCUT2D eigenvalue weighted by molar-refractivity contribution is 0.0645. The number of methoxy groups -OCH3 is 1. The van der Waals surface area contributed by atoms with Crippen LogP contribution in [0.5, 0.6) is 5.75 Å². The Bertz CT molecular complexity index is 562. The summed E-state index contributed by atoms with van der Waals surface area (Å²) in [6, 6.07) is 9.81. The Morgan fingerprint density at radius 1 is 1.10 bits per heavy atom. The van der Waals surface area contributed by atoms with Crippen molar-refractivity contribution in [1.82, 2.24) is 4.98 Å². The minimum atomic E-state index is 0.376. The van der Waals surface area contributed by atoms with Gasteiger partial charge in [0.2, 0.25) is 0 Å². The molecule has 0 saturated carbocycles. The number of aromatic nitrogens is 1. The van der Waals surface area contributed by atoms with Crippen LogP contribution < -0.4 is 4.74 Å². The number of ether oxygens (including phenoxy) is 3. The number of hydrogen-bond donors (Lipinski definition) is 0. The maximum Gasteiger partial charge on any atom is 0.130 e. The number of fused-ring (bicyclic) bond motifs is 1. The topological polar surface area (TPSA) is 40.6 Å². The lowest BCUT2D eigenvalue weighted by Gasteiger charge is -2.11. The standard InChI is InChI=1S/C16H20ClNO3/c1-19-9-10-20-7-4-8-21-16-11-13(12-17)18-15-6-3-2-5-14(15)16/h2-3,5-6,11H,4,7-10,12H2,1H3. The summed E-state index contributed by atoms with van der Waals surface area (Å²) in [5, 5.41) is 1.01. The summed E-state index contributed by atoms with van der Waals surface area (Å²) >= 11 is 5.88. The van der Waals surface area contributed by atoms with E-state index in [4.69, 9.17) is 25.8 Å². The van der Waals surface area contributed by atoms with Gasteiger partial charge in [-0.25, -0.2) is 0 Å². The summed E-state index contributed by atoms with van der Waals surface area (Å²) < 4.78 is 16.2. The summed E-state index contributed by atoms with van der Waals surface area (Å²) in [6.07, 6.45) is 0.830. The van der Waals surface area contributed by atoms with E-state index in [0.29, 0.717) is 32.3 Å². The second-order valence-corrected chi connectivity index (χ2v) is 4.84. The van der Waals surface area contributed by atoms with Crippen LogP contribution >= 0.6 is 11.6 Å². The summed E-state index contributed by atoms with van der Waals surface area (Å²) in [7, 11) is 1.66. The van der Waals surface area contributed by atoms with Crippen LogP contribution in [0.1, 0.15) is 12.1 Å². The van der Waals surface area contributed by atoms with Gasteiger partial charge in [0, 0.05) is 31.6 Å². The van der Waals surface area contributed by atoms with Crippen molar-refractivity contribution in [2.75, 3.05) is 33.5 Å². The molecule has 114 valence electrons. The molecule has 1 heterocycles. The molecule has 0 N–H and O–H groups in total. The van der Waals surface area contributed by atoms with Crippen molar-refractivity contribution in [1.29, 1.82) is 0 Å². The monoisotopic (exact) mass is 309 g/mol. The summed E-state index contributed by atoms with van der Waals surface area (Å²) in [4.78, 5) is 4.48. The van der Waals surface area contributed by atoms with Gasteiger partial charge < -0.3 is 14.2 Å². The Labute approximate surface area is 130 Å². The number of hydrogen-bond acceptors (Lipinski definition) is 4. The molecule has 0 unspecified atom stereocenters. The molecular weight excluding hydrogens is 290 g/mol. The molecule has 1 aromatic heterocycles. The van der Waals surface area contributed by atoms with Crippen molar-refractivity contribution in [3.63, 3.8) is 0 Å². The molecule has 2 aromatic rings. The van der Waals surface area contributed by atoms with Crippen LogP contribution in [0, 0.1) is 0 Å². The highest BCUT2D eigenvalue weighted by molar-refractivity contribution is 6.17. The van der Waals surface area contributed by atoms with Crippen LogP contribution in [0.2, 0.25) is 0 Å². The van der Waals surface area contributed by atoms with Crippen LogP contribution in [-0.4, -0.2) is 38.5 Å². The van der Waals surface area contributed by atoms with Gasteiger partial charge in [0.05, 0.1) is 36.9 Å². The van der Waals surface area contributed by atoms with Crippen molar-refractivity contribution < 1.29 is 14.2 Å². The van der Waals surface area contributed by atoms with Gasteiger partial charge in [0.15, 0.2) is 0 Å². The lowest BCUT2D eigenvalue weighted by Crippen LogP contribution is -2.07. The number of rotatable bonds is 9. The van der Waals surface area contributed by atoms with Crippen molar-refractivity contribution in [3.05, 3.63) is 36.0 Å². The van der Waals surface area contributed by atoms with E-state index in [2.05, 4.69) is 4.98 Å². The van der Waals surface area contributed by atoms with Crippen LogP contribution in [0.3, 0.4) is 0 Å². The second kappa shape index (κ2) is 8.82. The van der Waals surface area contributed by atoms with Gasteiger partial charge in [-0.3, -0.25) is 4.98 Å². The third kappa shape index (κ3) is 4.84. The minimum Gasteiger partial charge on any atom is -0.493 e. The predicted molar refractivity (Wildman–Crippen MR) is 84.1 cm³/mol. The molecular formula is C16H20ClNO3. The number of halogens is 1. The number of pyridine rings is 1. The molecule has 0 saturated heterocycles. The minimum absolute atomic E-state index is 0.376. The molecule has 0 atom stereocenters. The molecule has 0 amide bonds. The highest BCUT2D eigenvalue weighted by Gasteiger charge is 2.06. The SMILES string of the molecule is COCCOCCCOc1cc(CCl)nc2ccccc12. The quantitative estimate of drug-likeness (QED) is 0.526. The van der Waals surface area contributed by atoms with Gasteiger partial charge in [0.25, 0.3) is 0 Å². The van der Waals surface area contributed by atoms with E-state index < -0.39 is 0 Å². The van der Waals surface area contributed by atoms with E-state index in [9.17, 15) is 0 Å². The van der Waals surface area contributed by atoms with Crippen molar-refractivity contribution in [3.8, 4) is 5.75 Å². The van der Waals surface area contributed by atoms with Crippen LogP contribution in [0.4, 0.5) is 0 Å². The Balaban J connectivity index is 1.91. The fraction of sp³-hybridized carbons (Fsp3) is 0.438. The molecule has 21 heavy (non-hydrogen) atoms. The number of para-hydroxylation sites is 1. The lowest BCUT2D eigenvalue weighted by atomic mass is 10.2. The molecule has 5 heteroatoms. The van der Waals surface area contributed by atoms with E-state index in [1.165, 1.54) is 0 Å². The smallest absolute Gasteiger partial charge is 0.130 e. The summed E-state index contributed by atoms with van der Waals surface area (Å²) in [5.74, 6) is 1.20. The highest BCUT2D eigenvalue weighted by Crippen LogP contribution is 2.26. The first-order valence-corrected chi connectivity index (χ1v) is 7.52. The first-order valence-electron chi connectivity index (χ1n) is 6.99. The first-order chi connectivity index (χ1) is 10.3. The third-order valence-corrected chi connectivity index (χ3v) is 3.26. The van der Waals surface area contributed by atoms with Gasteiger partial charge in [-0.05, 0) is 12.1 Å². The zero-order valence-electron chi connectivity index (χ0n) is 12.2. The van der Waals surface area contributed by atoms with Crippen LogP contribution in [0.15, 0.2) is 30.3 Å². The first kappa shape index (κ1) is 16.0. The largest absolute Gasteiger partial charge is 0.493 e. The summed E-state index contributed by atoms with van der Waals surface area (Å²) in [5.41, 5.74) is 1.73. The molecule has 2 rings (SSSR count). The molecule has 0 spiro atoms. The molecule has 4 nitrogen and oxygen atoms in total. The molecule has 1 aromatic carbocycles. The Kier molecular flexibility index (Phi) is 6.73. The number of nitrogens with zero attached hydrogens (tertiary/aromatic N) is 1. The Morgan fingerprint density at radius 3 is 2.76 bits per heavy atom. The van der Waals surface area contributed by atoms with Crippen LogP contribution in [-0.2, 0) is 15.4 Å². The summed E-state index contributed by atoms with van der Waals surface area (Å²) in [6.45, 7) is 2.50. The van der Waals surface area contributed by atoms with Crippen molar-refractivity contribution >= 4 is 22.5 Å². The fourth-order valence-electron chi connectivity index (χ4n) is 1.97. The van der Waals surface area contributed by atoms with Gasteiger partial charge in [-0.1, -0.05) is 12.1 Å². The fourth-order valence-corrected chi connectivity index (χ4v) is 2.11. The molecule has 0 aliphatic heterocycles. The maximum atomic E-state index is 5.88. The molecule has 0 bridgehead atoms.